The number of nitrogens with one attached hydrogen (secondary N) is 1. The monoisotopic (exact) mass is 472 g/mol. The average Bonchev–Trinajstić information content (AvgIpc) is 3.39. The van der Waals surface area contributed by atoms with Gasteiger partial charge in [0.05, 0.1) is 18.8 Å². The van der Waals surface area contributed by atoms with Gasteiger partial charge in [-0.2, -0.15) is 5.10 Å². The van der Waals surface area contributed by atoms with Crippen LogP contribution in [0.25, 0.3) is 33.4 Å². The highest BCUT2D eigenvalue weighted by molar-refractivity contribution is 6.00. The van der Waals surface area contributed by atoms with Gasteiger partial charge in [-0.05, 0) is 69.4 Å². The van der Waals surface area contributed by atoms with Crippen LogP contribution in [0.15, 0.2) is 54.9 Å². The SMILES string of the molecule is Cc1c[nH]c2nccc(-c3c(-c4ccc(F)cc4)nn4c3CN(C(=O)/C=C/CN(C)C)[C@H](C)C4)c12. The molecule has 1 aliphatic heterocycles. The minimum atomic E-state index is -0.290. The number of rotatable bonds is 5. The first-order chi connectivity index (χ1) is 16.8. The Morgan fingerprint density at radius 1 is 1.26 bits per heavy atom. The van der Waals surface area contributed by atoms with E-state index in [1.807, 2.05) is 60.8 Å². The van der Waals surface area contributed by atoms with E-state index in [4.69, 9.17) is 5.10 Å². The van der Waals surface area contributed by atoms with Crippen LogP contribution < -0.4 is 0 Å². The summed E-state index contributed by atoms with van der Waals surface area (Å²) in [6.07, 6.45) is 7.28. The number of carbonyl (C=O) groups excluding carboxylic acids is 1. The summed E-state index contributed by atoms with van der Waals surface area (Å²) in [7, 11) is 3.94. The molecule has 4 aromatic rings. The number of aromatic amines is 1. The first-order valence-corrected chi connectivity index (χ1v) is 11.7. The highest BCUT2D eigenvalue weighted by Gasteiger charge is 2.32. The maximum absolute atomic E-state index is 13.7. The van der Waals surface area contributed by atoms with Crippen molar-refractivity contribution in [3.8, 4) is 22.4 Å². The van der Waals surface area contributed by atoms with Gasteiger partial charge in [-0.25, -0.2) is 9.37 Å². The van der Waals surface area contributed by atoms with E-state index in [-0.39, 0.29) is 17.8 Å². The standard InChI is InChI=1S/C27H29FN6O/c1-17-14-30-27-24(17)21(11-12-29-27)25-22-16-33(23(35)6-5-13-32(3)4)18(2)15-34(22)31-26(25)19-7-9-20(28)10-8-19/h5-12,14,18H,13,15-16H2,1-4H3,(H,29,30)/b6-5+/t18-/m1/s1. The number of carbonyl (C=O) groups is 1. The molecule has 5 rings (SSSR count). The molecular formula is C27H29FN6O. The summed E-state index contributed by atoms with van der Waals surface area (Å²) < 4.78 is 15.7. The van der Waals surface area contributed by atoms with Crippen LogP contribution in [0.1, 0.15) is 18.2 Å². The molecule has 0 saturated heterocycles. The predicted octanol–water partition coefficient (Wildman–Crippen LogP) is 4.39. The summed E-state index contributed by atoms with van der Waals surface area (Å²) in [6.45, 7) is 5.80. The van der Waals surface area contributed by atoms with Crippen molar-refractivity contribution < 1.29 is 9.18 Å². The number of amides is 1. The number of pyridine rings is 1. The zero-order chi connectivity index (χ0) is 24.7. The Morgan fingerprint density at radius 3 is 2.77 bits per heavy atom. The van der Waals surface area contributed by atoms with Crippen molar-refractivity contribution in [2.75, 3.05) is 20.6 Å². The molecule has 0 unspecified atom stereocenters. The zero-order valence-corrected chi connectivity index (χ0v) is 20.4. The Kier molecular flexibility index (Phi) is 5.98. The summed E-state index contributed by atoms with van der Waals surface area (Å²) in [4.78, 5) is 24.8. The Labute approximate surface area is 203 Å². The Hall–Kier alpha value is -3.78. The van der Waals surface area contributed by atoms with Gasteiger partial charge in [-0.15, -0.1) is 0 Å². The predicted molar refractivity (Wildman–Crippen MR) is 135 cm³/mol. The second-order valence-corrected chi connectivity index (χ2v) is 9.39. The lowest BCUT2D eigenvalue weighted by Gasteiger charge is -2.33. The molecule has 180 valence electrons. The fourth-order valence-electron chi connectivity index (χ4n) is 4.75. The molecule has 1 aliphatic rings. The molecule has 35 heavy (non-hydrogen) atoms. The molecular weight excluding hydrogens is 443 g/mol. The van der Waals surface area contributed by atoms with Gasteiger partial charge in [0, 0.05) is 47.6 Å². The van der Waals surface area contributed by atoms with Crippen molar-refractivity contribution in [3.63, 3.8) is 0 Å². The number of hydrogen-bond acceptors (Lipinski definition) is 4. The number of likely N-dealkylation sites (N-methyl/N-ethyl adjacent to an activating group) is 1. The van der Waals surface area contributed by atoms with Crippen LogP contribution in [0.5, 0.6) is 0 Å². The molecule has 0 spiro atoms. The summed E-state index contributed by atoms with van der Waals surface area (Å²) in [5.41, 5.74) is 6.40. The van der Waals surface area contributed by atoms with E-state index < -0.39 is 0 Å². The van der Waals surface area contributed by atoms with Crippen LogP contribution in [0.3, 0.4) is 0 Å². The van der Waals surface area contributed by atoms with Gasteiger partial charge < -0.3 is 14.8 Å². The van der Waals surface area contributed by atoms with Crippen molar-refractivity contribution in [3.05, 3.63) is 72.0 Å². The van der Waals surface area contributed by atoms with Crippen LogP contribution in [-0.4, -0.2) is 62.1 Å². The van der Waals surface area contributed by atoms with Gasteiger partial charge >= 0.3 is 0 Å². The molecule has 7 nitrogen and oxygen atoms in total. The van der Waals surface area contributed by atoms with E-state index in [0.29, 0.717) is 19.6 Å². The Bertz CT molecular complexity index is 1420. The fourth-order valence-corrected chi connectivity index (χ4v) is 4.75. The number of aromatic nitrogens is 4. The molecule has 3 aromatic heterocycles. The van der Waals surface area contributed by atoms with Gasteiger partial charge in [0.1, 0.15) is 17.2 Å². The molecule has 1 N–H and O–H groups in total. The van der Waals surface area contributed by atoms with Crippen LogP contribution in [-0.2, 0) is 17.9 Å². The topological polar surface area (TPSA) is 70.0 Å². The van der Waals surface area contributed by atoms with Gasteiger partial charge in [0.25, 0.3) is 0 Å². The molecule has 1 atom stereocenters. The number of aryl methyl sites for hydroxylation is 1. The van der Waals surface area contributed by atoms with E-state index in [0.717, 1.165) is 44.7 Å². The zero-order valence-electron chi connectivity index (χ0n) is 20.4. The minimum absolute atomic E-state index is 0.0146. The van der Waals surface area contributed by atoms with Crippen LogP contribution >= 0.6 is 0 Å². The fraction of sp³-hybridized carbons (Fsp3) is 0.296. The number of halogens is 1. The van der Waals surface area contributed by atoms with Gasteiger partial charge in [-0.1, -0.05) is 6.08 Å². The van der Waals surface area contributed by atoms with E-state index in [9.17, 15) is 9.18 Å². The molecule has 0 fully saturated rings. The molecule has 0 aliphatic carbocycles. The molecule has 4 heterocycles. The van der Waals surface area contributed by atoms with E-state index in [2.05, 4.69) is 9.97 Å². The maximum Gasteiger partial charge on any atom is 0.246 e. The summed E-state index contributed by atoms with van der Waals surface area (Å²) in [6, 6.07) is 8.40. The number of nitrogens with zero attached hydrogens (tertiary/aromatic N) is 5. The van der Waals surface area contributed by atoms with Crippen molar-refractivity contribution in [2.24, 2.45) is 0 Å². The van der Waals surface area contributed by atoms with E-state index >= 15 is 0 Å². The molecule has 0 radical (unpaired) electrons. The van der Waals surface area contributed by atoms with Crippen LogP contribution in [0.4, 0.5) is 4.39 Å². The molecule has 8 heteroatoms. The smallest absolute Gasteiger partial charge is 0.246 e. The molecule has 1 aromatic carbocycles. The largest absolute Gasteiger partial charge is 0.346 e. The second-order valence-electron chi connectivity index (χ2n) is 9.39. The number of hydrogen-bond donors (Lipinski definition) is 1. The molecule has 0 saturated carbocycles. The molecule has 0 bridgehead atoms. The van der Waals surface area contributed by atoms with Crippen LogP contribution in [0.2, 0.25) is 0 Å². The number of H-pyrrole nitrogens is 1. The summed E-state index contributed by atoms with van der Waals surface area (Å²) >= 11 is 0. The third kappa shape index (κ3) is 4.25. The lowest BCUT2D eigenvalue weighted by molar-refractivity contribution is -0.129. The maximum atomic E-state index is 13.7. The lowest BCUT2D eigenvalue weighted by Crippen LogP contribution is -2.44. The third-order valence-corrected chi connectivity index (χ3v) is 6.52. The average molecular weight is 473 g/mol. The van der Waals surface area contributed by atoms with E-state index in [1.165, 1.54) is 12.1 Å². The highest BCUT2D eigenvalue weighted by Crippen LogP contribution is 2.40. The number of fused-ring (bicyclic) bond motifs is 2. The summed E-state index contributed by atoms with van der Waals surface area (Å²) in [5.74, 6) is -0.305. The minimum Gasteiger partial charge on any atom is -0.346 e. The van der Waals surface area contributed by atoms with Crippen molar-refractivity contribution in [1.29, 1.82) is 0 Å². The molecule has 1 amide bonds. The van der Waals surface area contributed by atoms with Crippen molar-refractivity contribution >= 4 is 16.9 Å². The first-order valence-electron chi connectivity index (χ1n) is 11.7. The Morgan fingerprint density at radius 2 is 2.03 bits per heavy atom. The first kappa shape index (κ1) is 23.0. The third-order valence-electron chi connectivity index (χ3n) is 6.52. The van der Waals surface area contributed by atoms with Crippen molar-refractivity contribution in [1.82, 2.24) is 29.5 Å². The second kappa shape index (κ2) is 9.11. The van der Waals surface area contributed by atoms with Gasteiger partial charge in [0.15, 0.2) is 0 Å². The highest BCUT2D eigenvalue weighted by atomic mass is 19.1. The lowest BCUT2D eigenvalue weighted by atomic mass is 9.95. The van der Waals surface area contributed by atoms with Gasteiger partial charge in [-0.3, -0.25) is 9.48 Å². The van der Waals surface area contributed by atoms with Gasteiger partial charge in [0.2, 0.25) is 5.91 Å². The normalized spacial score (nSPS) is 15.9. The van der Waals surface area contributed by atoms with E-state index in [1.54, 1.807) is 24.4 Å². The van der Waals surface area contributed by atoms with Crippen molar-refractivity contribution in [2.45, 2.75) is 33.0 Å². The van der Waals surface area contributed by atoms with Crippen LogP contribution in [0, 0.1) is 12.7 Å². The Balaban J connectivity index is 1.66. The quantitative estimate of drug-likeness (QED) is 0.438. The summed E-state index contributed by atoms with van der Waals surface area (Å²) in [5, 5.41) is 6.00. The number of benzene rings is 1.